The third-order valence-corrected chi connectivity index (χ3v) is 3.28. The fourth-order valence-corrected chi connectivity index (χ4v) is 2.04. The summed E-state index contributed by atoms with van der Waals surface area (Å²) < 4.78 is 18.8. The average Bonchev–Trinajstić information content (AvgIpc) is 2.27. The van der Waals surface area contributed by atoms with Gasteiger partial charge in [0.15, 0.2) is 0 Å². The minimum absolute atomic E-state index is 0.167. The van der Waals surface area contributed by atoms with Crippen LogP contribution in [0.5, 0.6) is 5.75 Å². The molecule has 1 aromatic rings. The summed E-state index contributed by atoms with van der Waals surface area (Å²) in [5, 5.41) is 0. The summed E-state index contributed by atoms with van der Waals surface area (Å²) >= 11 is 0. The highest BCUT2D eigenvalue weighted by Crippen LogP contribution is 2.31. The molecule has 0 aliphatic carbocycles. The second-order valence-electron chi connectivity index (χ2n) is 4.33. The van der Waals surface area contributed by atoms with Crippen molar-refractivity contribution in [2.75, 3.05) is 0 Å². The van der Waals surface area contributed by atoms with Crippen LogP contribution in [0, 0.1) is 11.7 Å². The molecule has 0 spiro atoms. The Labute approximate surface area is 90.3 Å². The van der Waals surface area contributed by atoms with Crippen LogP contribution in [0.1, 0.15) is 32.3 Å². The third-order valence-electron chi connectivity index (χ3n) is 3.28. The zero-order chi connectivity index (χ0) is 10.8. The maximum atomic E-state index is 13.0. The van der Waals surface area contributed by atoms with Crippen LogP contribution < -0.4 is 4.74 Å². The molecule has 0 N–H and O–H groups in total. The van der Waals surface area contributed by atoms with E-state index >= 15 is 0 Å². The molecule has 1 aliphatic rings. The first kappa shape index (κ1) is 10.5. The lowest BCUT2D eigenvalue weighted by Crippen LogP contribution is -2.29. The van der Waals surface area contributed by atoms with Gasteiger partial charge in [-0.05, 0) is 42.5 Å². The Hall–Kier alpha value is -1.05. The fourth-order valence-electron chi connectivity index (χ4n) is 2.04. The minimum atomic E-state index is -0.167. The second-order valence-corrected chi connectivity index (χ2v) is 4.33. The summed E-state index contributed by atoms with van der Waals surface area (Å²) in [6, 6.07) is 4.80. The maximum Gasteiger partial charge on any atom is 0.123 e. The van der Waals surface area contributed by atoms with Crippen LogP contribution in [0.25, 0.3) is 0 Å². The van der Waals surface area contributed by atoms with Crippen LogP contribution in [-0.2, 0) is 6.42 Å². The number of aryl methyl sites for hydroxylation is 1. The summed E-state index contributed by atoms with van der Waals surface area (Å²) in [6.45, 7) is 4.38. The first-order valence-corrected chi connectivity index (χ1v) is 5.65. The van der Waals surface area contributed by atoms with Gasteiger partial charge < -0.3 is 4.74 Å². The second kappa shape index (κ2) is 4.21. The highest BCUT2D eigenvalue weighted by Gasteiger charge is 2.23. The van der Waals surface area contributed by atoms with E-state index in [-0.39, 0.29) is 5.82 Å². The number of hydrogen-bond donors (Lipinski definition) is 0. The Morgan fingerprint density at radius 2 is 2.33 bits per heavy atom. The molecule has 0 saturated heterocycles. The number of hydrogen-bond acceptors (Lipinski definition) is 1. The predicted molar refractivity (Wildman–Crippen MR) is 58.6 cm³/mol. The Bertz CT molecular complexity index is 348. The fraction of sp³-hybridized carbons (Fsp3) is 0.538. The lowest BCUT2D eigenvalue weighted by molar-refractivity contribution is 0.116. The lowest BCUT2D eigenvalue weighted by Gasteiger charge is -2.29. The van der Waals surface area contributed by atoms with Gasteiger partial charge in [-0.15, -0.1) is 0 Å². The molecule has 1 heterocycles. The van der Waals surface area contributed by atoms with E-state index < -0.39 is 0 Å². The third kappa shape index (κ3) is 2.14. The molecule has 1 aromatic carbocycles. The van der Waals surface area contributed by atoms with Crippen LogP contribution in [0.2, 0.25) is 0 Å². The normalized spacial score (nSPS) is 21.7. The van der Waals surface area contributed by atoms with Gasteiger partial charge in [0.1, 0.15) is 17.7 Å². The molecular weight excluding hydrogens is 191 g/mol. The monoisotopic (exact) mass is 208 g/mol. The molecule has 0 fully saturated rings. The van der Waals surface area contributed by atoms with E-state index in [0.29, 0.717) is 12.0 Å². The molecule has 2 atom stereocenters. The SMILES string of the molecule is CC[C@@H](C)C1CCc2cc(F)ccc2O1. The first-order chi connectivity index (χ1) is 7.20. The van der Waals surface area contributed by atoms with Crippen LogP contribution >= 0.6 is 0 Å². The standard InChI is InChI=1S/C13H17FO/c1-3-9(2)12-6-4-10-8-11(14)5-7-13(10)15-12/h5,7-9,12H,3-4,6H2,1-2H3/t9-,12?/m1/s1. The minimum Gasteiger partial charge on any atom is -0.490 e. The molecule has 0 aromatic heterocycles. The molecule has 0 bridgehead atoms. The van der Waals surface area contributed by atoms with E-state index in [9.17, 15) is 4.39 Å². The molecule has 0 saturated carbocycles. The summed E-state index contributed by atoms with van der Waals surface area (Å²) in [6.07, 6.45) is 3.36. The van der Waals surface area contributed by atoms with Crippen molar-refractivity contribution in [3.8, 4) is 5.75 Å². The van der Waals surface area contributed by atoms with Crippen LogP contribution in [0.3, 0.4) is 0 Å². The van der Waals surface area contributed by atoms with Crippen LogP contribution in [0.15, 0.2) is 18.2 Å². The van der Waals surface area contributed by atoms with Gasteiger partial charge in [-0.1, -0.05) is 20.3 Å². The van der Waals surface area contributed by atoms with E-state index in [1.165, 1.54) is 6.07 Å². The largest absolute Gasteiger partial charge is 0.490 e. The van der Waals surface area contributed by atoms with Crippen molar-refractivity contribution in [1.82, 2.24) is 0 Å². The average molecular weight is 208 g/mol. The van der Waals surface area contributed by atoms with Crippen LogP contribution in [0.4, 0.5) is 4.39 Å². The smallest absolute Gasteiger partial charge is 0.123 e. The summed E-state index contributed by atoms with van der Waals surface area (Å²) in [5.41, 5.74) is 1.01. The zero-order valence-corrected chi connectivity index (χ0v) is 9.29. The molecular formula is C13H17FO. The van der Waals surface area contributed by atoms with Gasteiger partial charge in [0.05, 0.1) is 0 Å². The van der Waals surface area contributed by atoms with Crippen molar-refractivity contribution in [2.24, 2.45) is 5.92 Å². The first-order valence-electron chi connectivity index (χ1n) is 5.65. The molecule has 0 amide bonds. The Morgan fingerprint density at radius 3 is 3.07 bits per heavy atom. The van der Waals surface area contributed by atoms with Crippen LogP contribution in [-0.4, -0.2) is 6.10 Å². The topological polar surface area (TPSA) is 9.23 Å². The Kier molecular flexibility index (Phi) is 2.94. The summed E-state index contributed by atoms with van der Waals surface area (Å²) in [7, 11) is 0. The number of ether oxygens (including phenoxy) is 1. The molecule has 2 rings (SSSR count). The van der Waals surface area contributed by atoms with E-state index in [4.69, 9.17) is 4.74 Å². The highest BCUT2D eigenvalue weighted by molar-refractivity contribution is 5.35. The number of rotatable bonds is 2. The zero-order valence-electron chi connectivity index (χ0n) is 9.29. The molecule has 1 unspecified atom stereocenters. The molecule has 1 nitrogen and oxygen atoms in total. The van der Waals surface area contributed by atoms with E-state index in [2.05, 4.69) is 13.8 Å². The van der Waals surface area contributed by atoms with Gasteiger partial charge in [0, 0.05) is 0 Å². The Morgan fingerprint density at radius 1 is 1.53 bits per heavy atom. The maximum absolute atomic E-state index is 13.0. The molecule has 0 radical (unpaired) electrons. The molecule has 82 valence electrons. The highest BCUT2D eigenvalue weighted by atomic mass is 19.1. The summed E-state index contributed by atoms with van der Waals surface area (Å²) in [5.74, 6) is 1.27. The van der Waals surface area contributed by atoms with E-state index in [0.717, 1.165) is 30.6 Å². The van der Waals surface area contributed by atoms with Crippen molar-refractivity contribution in [2.45, 2.75) is 39.2 Å². The molecule has 1 aliphatic heterocycles. The number of halogens is 1. The van der Waals surface area contributed by atoms with Gasteiger partial charge in [-0.2, -0.15) is 0 Å². The van der Waals surface area contributed by atoms with Gasteiger partial charge in [0.2, 0.25) is 0 Å². The van der Waals surface area contributed by atoms with Crippen molar-refractivity contribution in [3.63, 3.8) is 0 Å². The van der Waals surface area contributed by atoms with Crippen molar-refractivity contribution in [1.29, 1.82) is 0 Å². The molecule has 15 heavy (non-hydrogen) atoms. The number of benzene rings is 1. The lowest BCUT2D eigenvalue weighted by atomic mass is 9.93. The molecule has 2 heteroatoms. The van der Waals surface area contributed by atoms with Crippen molar-refractivity contribution >= 4 is 0 Å². The quantitative estimate of drug-likeness (QED) is 0.722. The van der Waals surface area contributed by atoms with Gasteiger partial charge >= 0.3 is 0 Å². The van der Waals surface area contributed by atoms with E-state index in [1.807, 2.05) is 0 Å². The van der Waals surface area contributed by atoms with Gasteiger partial charge in [0.25, 0.3) is 0 Å². The van der Waals surface area contributed by atoms with E-state index in [1.54, 1.807) is 12.1 Å². The summed E-state index contributed by atoms with van der Waals surface area (Å²) in [4.78, 5) is 0. The van der Waals surface area contributed by atoms with Gasteiger partial charge in [-0.25, -0.2) is 4.39 Å². The Balaban J connectivity index is 2.16. The van der Waals surface area contributed by atoms with Crippen molar-refractivity contribution in [3.05, 3.63) is 29.6 Å². The number of fused-ring (bicyclic) bond motifs is 1. The van der Waals surface area contributed by atoms with Crippen molar-refractivity contribution < 1.29 is 9.13 Å². The predicted octanol–water partition coefficient (Wildman–Crippen LogP) is 3.57. The van der Waals surface area contributed by atoms with Gasteiger partial charge in [-0.3, -0.25) is 0 Å².